The number of rotatable bonds is 2. The zero-order valence-corrected chi connectivity index (χ0v) is 7.68. The number of carboxylic acid groups (broad SMARTS) is 1. The average Bonchev–Trinajstić information content (AvgIpc) is 2.34. The van der Waals surface area contributed by atoms with Crippen molar-refractivity contribution in [3.05, 3.63) is 17.7 Å². The summed E-state index contributed by atoms with van der Waals surface area (Å²) in [6.07, 6.45) is 1.55. The molecule has 0 amide bonds. The molecule has 5 heteroatoms. The van der Waals surface area contributed by atoms with Crippen molar-refractivity contribution in [1.29, 1.82) is 0 Å². The highest BCUT2D eigenvalue weighted by molar-refractivity contribution is 5.85. The van der Waals surface area contributed by atoms with Crippen LogP contribution >= 0.6 is 12.4 Å². The van der Waals surface area contributed by atoms with E-state index < -0.39 is 11.9 Å². The second kappa shape index (κ2) is 4.11. The van der Waals surface area contributed by atoms with E-state index in [-0.39, 0.29) is 12.4 Å². The maximum atomic E-state index is 10.5. The normalized spacial score (nSPS) is 11.8. The van der Waals surface area contributed by atoms with Gasteiger partial charge in [-0.2, -0.15) is 0 Å². The van der Waals surface area contributed by atoms with Crippen LogP contribution in [-0.2, 0) is 4.79 Å². The van der Waals surface area contributed by atoms with Crippen LogP contribution < -0.4 is 0 Å². The molecule has 1 aromatic rings. The zero-order valence-electron chi connectivity index (χ0n) is 6.87. The first-order chi connectivity index (χ1) is 5.11. The van der Waals surface area contributed by atoms with E-state index >= 15 is 0 Å². The molecule has 2 N–H and O–H groups in total. The number of aliphatic carboxylic acids is 1. The first-order valence-corrected chi connectivity index (χ1v) is 3.35. The Balaban J connectivity index is 0.00000121. The lowest BCUT2D eigenvalue weighted by Gasteiger charge is -2.00. The Morgan fingerprint density at radius 3 is 2.67 bits per heavy atom. The molecule has 12 heavy (non-hydrogen) atoms. The van der Waals surface area contributed by atoms with Gasteiger partial charge >= 0.3 is 5.97 Å². The largest absolute Gasteiger partial charge is 0.481 e. The molecular weight excluding hydrogens is 180 g/mol. The summed E-state index contributed by atoms with van der Waals surface area (Å²) in [5.74, 6) is -0.599. The van der Waals surface area contributed by atoms with Gasteiger partial charge in [-0.05, 0) is 13.8 Å². The minimum atomic E-state index is -0.839. The van der Waals surface area contributed by atoms with Gasteiger partial charge in [0.1, 0.15) is 5.82 Å². The minimum Gasteiger partial charge on any atom is -0.481 e. The Bertz CT molecular complexity index is 272. The lowest BCUT2D eigenvalue weighted by Crippen LogP contribution is -2.07. The number of aryl methyl sites for hydroxylation is 1. The lowest BCUT2D eigenvalue weighted by atomic mass is 10.1. The Kier molecular flexibility index (Phi) is 3.76. The highest BCUT2D eigenvalue weighted by Gasteiger charge is 2.14. The SMILES string of the molecule is Cc1ncc(C(C)C(=O)O)[nH]1.Cl. The van der Waals surface area contributed by atoms with Gasteiger partial charge in [-0.3, -0.25) is 4.79 Å². The summed E-state index contributed by atoms with van der Waals surface area (Å²) in [4.78, 5) is 17.2. The average molecular weight is 191 g/mol. The molecule has 0 bridgehead atoms. The molecule has 0 saturated heterocycles. The van der Waals surface area contributed by atoms with Crippen LogP contribution in [0, 0.1) is 6.92 Å². The molecule has 0 fully saturated rings. The van der Waals surface area contributed by atoms with Crippen LogP contribution in [0.4, 0.5) is 0 Å². The molecular formula is C7H11ClN2O2. The number of hydrogen-bond donors (Lipinski definition) is 2. The predicted octanol–water partition coefficient (Wildman–Crippen LogP) is 1.33. The third kappa shape index (κ3) is 2.23. The van der Waals surface area contributed by atoms with Crippen LogP contribution in [0.15, 0.2) is 6.20 Å². The van der Waals surface area contributed by atoms with E-state index in [0.717, 1.165) is 5.82 Å². The maximum Gasteiger partial charge on any atom is 0.312 e. The van der Waals surface area contributed by atoms with Crippen molar-refractivity contribution in [3.8, 4) is 0 Å². The van der Waals surface area contributed by atoms with Crippen molar-refractivity contribution in [1.82, 2.24) is 9.97 Å². The van der Waals surface area contributed by atoms with Gasteiger partial charge in [0.25, 0.3) is 0 Å². The van der Waals surface area contributed by atoms with Gasteiger partial charge in [0.15, 0.2) is 0 Å². The molecule has 1 atom stereocenters. The monoisotopic (exact) mass is 190 g/mol. The van der Waals surface area contributed by atoms with E-state index in [4.69, 9.17) is 5.11 Å². The van der Waals surface area contributed by atoms with Crippen LogP contribution in [0.25, 0.3) is 0 Å². The number of imidazole rings is 1. The quantitative estimate of drug-likeness (QED) is 0.740. The number of nitrogens with zero attached hydrogens (tertiary/aromatic N) is 1. The van der Waals surface area contributed by atoms with E-state index in [0.29, 0.717) is 5.69 Å². The lowest BCUT2D eigenvalue weighted by molar-refractivity contribution is -0.138. The van der Waals surface area contributed by atoms with Gasteiger partial charge in [-0.15, -0.1) is 12.4 Å². The van der Waals surface area contributed by atoms with E-state index in [1.54, 1.807) is 20.0 Å². The molecule has 0 saturated carbocycles. The number of H-pyrrole nitrogens is 1. The van der Waals surface area contributed by atoms with E-state index in [1.165, 1.54) is 0 Å². The molecule has 1 rings (SSSR count). The Hall–Kier alpha value is -1.03. The summed E-state index contributed by atoms with van der Waals surface area (Å²) in [5.41, 5.74) is 0.648. The molecule has 0 aliphatic rings. The smallest absolute Gasteiger partial charge is 0.312 e. The number of halogens is 1. The van der Waals surface area contributed by atoms with Crippen molar-refractivity contribution < 1.29 is 9.90 Å². The molecule has 0 aliphatic heterocycles. The Morgan fingerprint density at radius 2 is 2.33 bits per heavy atom. The topological polar surface area (TPSA) is 66.0 Å². The van der Waals surface area contributed by atoms with Gasteiger partial charge in [0, 0.05) is 11.9 Å². The second-order valence-corrected chi connectivity index (χ2v) is 2.48. The second-order valence-electron chi connectivity index (χ2n) is 2.48. The molecule has 1 heterocycles. The van der Waals surface area contributed by atoms with Crippen molar-refractivity contribution in [2.45, 2.75) is 19.8 Å². The zero-order chi connectivity index (χ0) is 8.43. The van der Waals surface area contributed by atoms with E-state index in [1.807, 2.05) is 0 Å². The van der Waals surface area contributed by atoms with Gasteiger partial charge in [-0.1, -0.05) is 0 Å². The number of aromatic nitrogens is 2. The molecule has 0 aliphatic carbocycles. The number of carbonyl (C=O) groups is 1. The third-order valence-electron chi connectivity index (χ3n) is 1.56. The van der Waals surface area contributed by atoms with Crippen molar-refractivity contribution >= 4 is 18.4 Å². The Labute approximate surface area is 76.4 Å². The first-order valence-electron chi connectivity index (χ1n) is 3.35. The Morgan fingerprint density at radius 1 is 1.75 bits per heavy atom. The van der Waals surface area contributed by atoms with Gasteiger partial charge < -0.3 is 10.1 Å². The molecule has 0 aromatic carbocycles. The summed E-state index contributed by atoms with van der Waals surface area (Å²) in [7, 11) is 0. The molecule has 0 radical (unpaired) electrons. The molecule has 0 spiro atoms. The maximum absolute atomic E-state index is 10.5. The van der Waals surface area contributed by atoms with Gasteiger partial charge in [-0.25, -0.2) is 4.98 Å². The van der Waals surface area contributed by atoms with E-state index in [9.17, 15) is 4.79 Å². The fourth-order valence-electron chi connectivity index (χ4n) is 0.793. The predicted molar refractivity (Wildman–Crippen MR) is 46.6 cm³/mol. The van der Waals surface area contributed by atoms with Crippen LogP contribution in [0.5, 0.6) is 0 Å². The van der Waals surface area contributed by atoms with Crippen molar-refractivity contribution in [3.63, 3.8) is 0 Å². The first kappa shape index (κ1) is 11.0. The minimum absolute atomic E-state index is 0. The van der Waals surface area contributed by atoms with Crippen molar-refractivity contribution in [2.24, 2.45) is 0 Å². The fourth-order valence-corrected chi connectivity index (χ4v) is 0.793. The summed E-state index contributed by atoms with van der Waals surface area (Å²) in [5, 5.41) is 8.60. The third-order valence-corrected chi connectivity index (χ3v) is 1.56. The standard InChI is InChI=1S/C7H10N2O2.ClH/c1-4(7(10)11)6-3-8-5(2)9-6;/h3-4H,1-2H3,(H,8,9)(H,10,11);1H. The fraction of sp³-hybridized carbons (Fsp3) is 0.429. The molecule has 1 aromatic heterocycles. The van der Waals surface area contributed by atoms with Gasteiger partial charge in [0.05, 0.1) is 5.92 Å². The number of carboxylic acids is 1. The number of nitrogens with one attached hydrogen (secondary N) is 1. The molecule has 1 unspecified atom stereocenters. The number of aromatic amines is 1. The molecule has 68 valence electrons. The van der Waals surface area contributed by atoms with Gasteiger partial charge in [0.2, 0.25) is 0 Å². The summed E-state index contributed by atoms with van der Waals surface area (Å²) >= 11 is 0. The van der Waals surface area contributed by atoms with Crippen LogP contribution in [0.2, 0.25) is 0 Å². The summed E-state index contributed by atoms with van der Waals surface area (Å²) < 4.78 is 0. The highest BCUT2D eigenvalue weighted by atomic mass is 35.5. The number of hydrogen-bond acceptors (Lipinski definition) is 2. The van der Waals surface area contributed by atoms with Crippen molar-refractivity contribution in [2.75, 3.05) is 0 Å². The van der Waals surface area contributed by atoms with Crippen LogP contribution in [0.3, 0.4) is 0 Å². The van der Waals surface area contributed by atoms with Crippen LogP contribution in [-0.4, -0.2) is 21.0 Å². The highest BCUT2D eigenvalue weighted by Crippen LogP contribution is 2.11. The summed E-state index contributed by atoms with van der Waals surface area (Å²) in [6, 6.07) is 0. The van der Waals surface area contributed by atoms with E-state index in [2.05, 4.69) is 9.97 Å². The summed E-state index contributed by atoms with van der Waals surface area (Å²) in [6.45, 7) is 3.41. The van der Waals surface area contributed by atoms with Crippen LogP contribution in [0.1, 0.15) is 24.4 Å². The molecule has 4 nitrogen and oxygen atoms in total.